The lowest BCUT2D eigenvalue weighted by Crippen LogP contribution is -2.42. The van der Waals surface area contributed by atoms with E-state index in [2.05, 4.69) is 20.7 Å². The van der Waals surface area contributed by atoms with Gasteiger partial charge in [-0.3, -0.25) is 4.99 Å². The fourth-order valence-corrected chi connectivity index (χ4v) is 4.59. The Morgan fingerprint density at radius 1 is 1.17 bits per heavy atom. The molecule has 168 valence electrons. The maximum atomic E-state index is 12.3. The lowest BCUT2D eigenvalue weighted by atomic mass is 10.1. The number of nitrogens with zero attached hydrogens (tertiary/aromatic N) is 4. The van der Waals surface area contributed by atoms with Crippen LogP contribution < -0.4 is 10.6 Å². The van der Waals surface area contributed by atoms with Crippen LogP contribution in [0.4, 0.5) is 0 Å². The Balaban J connectivity index is 0.00000450. The second kappa shape index (κ2) is 12.3. The van der Waals surface area contributed by atoms with Crippen molar-refractivity contribution in [2.24, 2.45) is 4.99 Å². The zero-order chi connectivity index (χ0) is 21.4. The van der Waals surface area contributed by atoms with Crippen molar-refractivity contribution in [3.63, 3.8) is 0 Å². The summed E-state index contributed by atoms with van der Waals surface area (Å²) in [5.41, 5.74) is 4.11. The lowest BCUT2D eigenvalue weighted by Gasteiger charge is -2.19. The molecule has 2 N–H and O–H groups in total. The number of halogens is 1. The van der Waals surface area contributed by atoms with Crippen LogP contribution in [0.3, 0.4) is 0 Å². The normalized spacial score (nSPS) is 12.0. The highest BCUT2D eigenvalue weighted by molar-refractivity contribution is 14.0. The first-order valence-corrected chi connectivity index (χ1v) is 11.5. The molecule has 0 saturated heterocycles. The molecule has 0 atom stereocenters. The van der Waals surface area contributed by atoms with Crippen LogP contribution >= 0.6 is 24.0 Å². The first kappa shape index (κ1) is 26.4. The van der Waals surface area contributed by atoms with E-state index in [9.17, 15) is 8.42 Å². The standard InChI is InChI=1S/C20H32N6O2S.HI/c1-6-25(7-2)29(27,28)13-12-22-20(21-5)23-15-18-10-8-9-11-19(18)26-17(4)14-16(3)24-26;/h8-11,14H,6-7,12-13,15H2,1-5H3,(H2,21,22,23);1H. The van der Waals surface area contributed by atoms with Crippen molar-refractivity contribution >= 4 is 40.0 Å². The molecule has 1 heterocycles. The third-order valence-electron chi connectivity index (χ3n) is 4.65. The van der Waals surface area contributed by atoms with Crippen LogP contribution in [0.25, 0.3) is 5.69 Å². The van der Waals surface area contributed by atoms with E-state index in [0.717, 1.165) is 22.6 Å². The molecule has 1 aromatic carbocycles. The van der Waals surface area contributed by atoms with Gasteiger partial charge in [0.2, 0.25) is 10.0 Å². The highest BCUT2D eigenvalue weighted by Crippen LogP contribution is 2.16. The summed E-state index contributed by atoms with van der Waals surface area (Å²) in [7, 11) is -1.59. The molecule has 2 rings (SSSR count). The van der Waals surface area contributed by atoms with E-state index < -0.39 is 10.0 Å². The molecule has 0 saturated carbocycles. The molecule has 1 aromatic heterocycles. The Kier molecular flexibility index (Phi) is 10.8. The number of nitrogens with one attached hydrogen (secondary N) is 2. The molecular weight excluding hydrogens is 515 g/mol. The number of para-hydroxylation sites is 1. The molecule has 0 unspecified atom stereocenters. The van der Waals surface area contributed by atoms with Crippen LogP contribution in [-0.2, 0) is 16.6 Å². The Bertz CT molecular complexity index is 939. The summed E-state index contributed by atoms with van der Waals surface area (Å²) in [4.78, 5) is 4.20. The van der Waals surface area contributed by atoms with Crippen molar-refractivity contribution in [1.82, 2.24) is 24.7 Å². The topological polar surface area (TPSA) is 91.6 Å². The van der Waals surface area contributed by atoms with Gasteiger partial charge in [0.1, 0.15) is 0 Å². The number of sulfonamides is 1. The van der Waals surface area contributed by atoms with Crippen molar-refractivity contribution in [3.8, 4) is 5.69 Å². The molecule has 2 aromatic rings. The minimum atomic E-state index is -3.26. The van der Waals surface area contributed by atoms with Gasteiger partial charge in [-0.15, -0.1) is 24.0 Å². The first-order chi connectivity index (χ1) is 13.8. The molecule has 30 heavy (non-hydrogen) atoms. The Morgan fingerprint density at radius 2 is 1.83 bits per heavy atom. The van der Waals surface area contributed by atoms with E-state index in [1.165, 1.54) is 4.31 Å². The molecule has 8 nitrogen and oxygen atoms in total. The molecule has 0 fully saturated rings. The predicted octanol–water partition coefficient (Wildman–Crippen LogP) is 2.44. The van der Waals surface area contributed by atoms with E-state index in [1.54, 1.807) is 7.05 Å². The van der Waals surface area contributed by atoms with Crippen molar-refractivity contribution in [1.29, 1.82) is 0 Å². The molecule has 0 aliphatic rings. The summed E-state index contributed by atoms with van der Waals surface area (Å²) >= 11 is 0. The highest BCUT2D eigenvalue weighted by Gasteiger charge is 2.18. The minimum absolute atomic E-state index is 0. The number of aryl methyl sites for hydroxylation is 2. The van der Waals surface area contributed by atoms with Gasteiger partial charge in [-0.2, -0.15) is 5.10 Å². The Hall–Kier alpha value is -1.66. The zero-order valence-corrected chi connectivity index (χ0v) is 21.5. The molecule has 0 aliphatic heterocycles. The number of hydrogen-bond acceptors (Lipinski definition) is 4. The zero-order valence-electron chi connectivity index (χ0n) is 18.3. The van der Waals surface area contributed by atoms with Gasteiger partial charge in [0.05, 0.1) is 17.1 Å². The monoisotopic (exact) mass is 548 g/mol. The molecule has 0 radical (unpaired) electrons. The predicted molar refractivity (Wildman–Crippen MR) is 133 cm³/mol. The number of benzene rings is 1. The van der Waals surface area contributed by atoms with Crippen molar-refractivity contribution < 1.29 is 8.42 Å². The van der Waals surface area contributed by atoms with Crippen molar-refractivity contribution in [3.05, 3.63) is 47.3 Å². The second-order valence-electron chi connectivity index (χ2n) is 6.72. The molecule has 0 amide bonds. The van der Waals surface area contributed by atoms with Crippen LogP contribution in [0, 0.1) is 13.8 Å². The van der Waals surface area contributed by atoms with Gasteiger partial charge in [0.25, 0.3) is 0 Å². The maximum Gasteiger partial charge on any atom is 0.215 e. The number of rotatable bonds is 9. The van der Waals surface area contributed by atoms with Crippen LogP contribution in [0.15, 0.2) is 35.3 Å². The van der Waals surface area contributed by atoms with E-state index in [0.29, 0.717) is 25.6 Å². The SMILES string of the molecule is CCN(CC)S(=O)(=O)CCNC(=NC)NCc1ccccc1-n1nc(C)cc1C.I. The third kappa shape index (κ3) is 6.95. The average Bonchev–Trinajstić information content (AvgIpc) is 3.03. The molecule has 0 aliphatic carbocycles. The van der Waals surface area contributed by atoms with Gasteiger partial charge in [-0.25, -0.2) is 17.4 Å². The maximum absolute atomic E-state index is 12.3. The first-order valence-electron chi connectivity index (χ1n) is 9.86. The van der Waals surface area contributed by atoms with E-state index in [4.69, 9.17) is 0 Å². The summed E-state index contributed by atoms with van der Waals surface area (Å²) in [6.45, 7) is 9.48. The minimum Gasteiger partial charge on any atom is -0.355 e. The largest absolute Gasteiger partial charge is 0.355 e. The van der Waals surface area contributed by atoms with Gasteiger partial charge < -0.3 is 10.6 Å². The molecule has 10 heteroatoms. The van der Waals surface area contributed by atoms with Gasteiger partial charge in [0.15, 0.2) is 5.96 Å². The molecule has 0 spiro atoms. The molecule has 0 bridgehead atoms. The number of hydrogen-bond donors (Lipinski definition) is 2. The van der Waals surface area contributed by atoms with E-state index in [1.807, 2.05) is 62.7 Å². The van der Waals surface area contributed by atoms with Crippen molar-refractivity contribution in [2.45, 2.75) is 34.2 Å². The fraction of sp³-hybridized carbons (Fsp3) is 0.500. The van der Waals surface area contributed by atoms with Crippen LogP contribution in [0.1, 0.15) is 30.8 Å². The van der Waals surface area contributed by atoms with Crippen molar-refractivity contribution in [2.75, 3.05) is 32.4 Å². The lowest BCUT2D eigenvalue weighted by molar-refractivity contribution is 0.445. The summed E-state index contributed by atoms with van der Waals surface area (Å²) < 4.78 is 28.0. The Morgan fingerprint density at radius 3 is 2.40 bits per heavy atom. The van der Waals surface area contributed by atoms with Crippen LogP contribution in [0.5, 0.6) is 0 Å². The van der Waals surface area contributed by atoms with Crippen LogP contribution in [0.2, 0.25) is 0 Å². The van der Waals surface area contributed by atoms with E-state index in [-0.39, 0.29) is 36.3 Å². The molecular formula is C20H33IN6O2S. The van der Waals surface area contributed by atoms with Gasteiger partial charge in [-0.1, -0.05) is 32.0 Å². The third-order valence-corrected chi connectivity index (χ3v) is 6.67. The summed E-state index contributed by atoms with van der Waals surface area (Å²) in [5.74, 6) is 0.584. The second-order valence-corrected chi connectivity index (χ2v) is 8.81. The quantitative estimate of drug-likeness (QED) is 0.286. The van der Waals surface area contributed by atoms with E-state index >= 15 is 0 Å². The number of aliphatic imine (C=N–C) groups is 1. The summed E-state index contributed by atoms with van der Waals surface area (Å²) in [5, 5.41) is 10.9. The fourth-order valence-electron chi connectivity index (χ4n) is 3.18. The summed E-state index contributed by atoms with van der Waals surface area (Å²) in [6.07, 6.45) is 0. The van der Waals surface area contributed by atoms with Gasteiger partial charge in [0, 0.05) is 38.9 Å². The average molecular weight is 548 g/mol. The summed E-state index contributed by atoms with van der Waals surface area (Å²) in [6, 6.07) is 10.1. The smallest absolute Gasteiger partial charge is 0.215 e. The number of guanidine groups is 1. The van der Waals surface area contributed by atoms with Gasteiger partial charge in [-0.05, 0) is 31.5 Å². The van der Waals surface area contributed by atoms with Gasteiger partial charge >= 0.3 is 0 Å². The number of aromatic nitrogens is 2. The Labute approximate surface area is 197 Å². The van der Waals surface area contributed by atoms with Crippen LogP contribution in [-0.4, -0.2) is 60.9 Å². The highest BCUT2D eigenvalue weighted by atomic mass is 127.